The maximum absolute atomic E-state index is 5.97. The zero-order valence-electron chi connectivity index (χ0n) is 14.0. The molecular weight excluding hydrogens is 391 g/mol. The third kappa shape index (κ3) is 4.20. The number of hydrogen-bond acceptors (Lipinski definition) is 5. The van der Waals surface area contributed by atoms with Gasteiger partial charge in [-0.3, -0.25) is 4.57 Å². The predicted octanol–water partition coefficient (Wildman–Crippen LogP) is 5.13. The lowest BCUT2D eigenvalue weighted by molar-refractivity contribution is 0.416. The molecule has 0 atom stereocenters. The number of aromatic nitrogens is 4. The van der Waals surface area contributed by atoms with Crippen LogP contribution in [-0.2, 0) is 12.3 Å². The standard InChI is InChI=1S/C18H16Cl2N4OS/c1-3-8-24-17(13-6-4-5-7-14(13)25-2)22-23-18(24)26-11-12-9-15(19)21-16(20)10-12/h3-7,9-10H,1,8,11H2,2H3. The molecule has 0 unspecified atom stereocenters. The Morgan fingerprint density at radius 2 is 1.92 bits per heavy atom. The normalized spacial score (nSPS) is 10.7. The third-order valence-electron chi connectivity index (χ3n) is 3.57. The molecule has 5 nitrogen and oxygen atoms in total. The molecule has 0 saturated heterocycles. The second-order valence-electron chi connectivity index (χ2n) is 5.32. The Bertz CT molecular complexity index is 909. The van der Waals surface area contributed by atoms with Crippen LogP contribution < -0.4 is 4.74 Å². The van der Waals surface area contributed by atoms with Crippen LogP contribution in [0.15, 0.2) is 54.2 Å². The van der Waals surface area contributed by atoms with Gasteiger partial charge in [0.2, 0.25) is 0 Å². The summed E-state index contributed by atoms with van der Waals surface area (Å²) in [7, 11) is 1.64. The zero-order valence-corrected chi connectivity index (χ0v) is 16.4. The smallest absolute Gasteiger partial charge is 0.192 e. The molecule has 3 aromatic rings. The molecule has 0 aliphatic heterocycles. The van der Waals surface area contributed by atoms with E-state index < -0.39 is 0 Å². The summed E-state index contributed by atoms with van der Waals surface area (Å²) in [6.07, 6.45) is 1.81. The quantitative estimate of drug-likeness (QED) is 0.309. The van der Waals surface area contributed by atoms with Crippen molar-refractivity contribution in [3.63, 3.8) is 0 Å². The molecule has 0 aliphatic carbocycles. The fourth-order valence-electron chi connectivity index (χ4n) is 2.46. The molecule has 8 heteroatoms. The first kappa shape index (κ1) is 18.8. The van der Waals surface area contributed by atoms with E-state index in [1.165, 1.54) is 0 Å². The van der Waals surface area contributed by atoms with Crippen LogP contribution >= 0.6 is 35.0 Å². The van der Waals surface area contributed by atoms with Gasteiger partial charge in [0.05, 0.1) is 12.7 Å². The minimum Gasteiger partial charge on any atom is -0.496 e. The molecule has 0 bridgehead atoms. The molecule has 0 saturated carbocycles. The molecule has 2 heterocycles. The average Bonchev–Trinajstić information content (AvgIpc) is 3.02. The van der Waals surface area contributed by atoms with E-state index in [0.717, 1.165) is 27.9 Å². The Balaban J connectivity index is 1.91. The molecule has 0 spiro atoms. The van der Waals surface area contributed by atoms with Gasteiger partial charge in [0.1, 0.15) is 16.1 Å². The van der Waals surface area contributed by atoms with Crippen molar-refractivity contribution in [1.82, 2.24) is 19.7 Å². The number of benzene rings is 1. The van der Waals surface area contributed by atoms with E-state index in [1.807, 2.05) is 34.9 Å². The van der Waals surface area contributed by atoms with E-state index in [-0.39, 0.29) is 0 Å². The van der Waals surface area contributed by atoms with E-state index in [9.17, 15) is 0 Å². The number of ether oxygens (including phenoxy) is 1. The number of hydrogen-bond donors (Lipinski definition) is 0. The van der Waals surface area contributed by atoms with E-state index in [2.05, 4.69) is 21.8 Å². The van der Waals surface area contributed by atoms with Crippen molar-refractivity contribution < 1.29 is 4.74 Å². The number of thioether (sulfide) groups is 1. The summed E-state index contributed by atoms with van der Waals surface area (Å²) in [5.74, 6) is 2.12. The van der Waals surface area contributed by atoms with E-state index in [1.54, 1.807) is 31.0 Å². The van der Waals surface area contributed by atoms with E-state index in [0.29, 0.717) is 22.6 Å². The van der Waals surface area contributed by atoms with Crippen LogP contribution in [0.1, 0.15) is 5.56 Å². The second kappa shape index (κ2) is 8.58. The Morgan fingerprint density at radius 3 is 2.62 bits per heavy atom. The van der Waals surface area contributed by atoms with Gasteiger partial charge in [-0.2, -0.15) is 0 Å². The molecule has 2 aromatic heterocycles. The Hall–Kier alpha value is -2.02. The Kier molecular flexibility index (Phi) is 6.19. The van der Waals surface area contributed by atoms with E-state index >= 15 is 0 Å². The van der Waals surface area contributed by atoms with Gasteiger partial charge in [0.15, 0.2) is 11.0 Å². The monoisotopic (exact) mass is 406 g/mol. The molecule has 0 aliphatic rings. The summed E-state index contributed by atoms with van der Waals surface area (Å²) in [4.78, 5) is 3.96. The molecule has 0 N–H and O–H groups in total. The first-order valence-electron chi connectivity index (χ1n) is 7.74. The van der Waals surface area contributed by atoms with Gasteiger partial charge in [-0.05, 0) is 29.8 Å². The number of pyridine rings is 1. The van der Waals surface area contributed by atoms with Crippen molar-refractivity contribution in [2.75, 3.05) is 7.11 Å². The van der Waals surface area contributed by atoms with E-state index in [4.69, 9.17) is 27.9 Å². The molecule has 26 heavy (non-hydrogen) atoms. The highest BCUT2D eigenvalue weighted by atomic mass is 35.5. The first-order chi connectivity index (χ1) is 12.6. The van der Waals surface area contributed by atoms with Crippen molar-refractivity contribution in [3.05, 3.63) is 64.9 Å². The first-order valence-corrected chi connectivity index (χ1v) is 9.48. The largest absolute Gasteiger partial charge is 0.496 e. The van der Waals surface area contributed by atoms with Crippen LogP contribution in [0.4, 0.5) is 0 Å². The average molecular weight is 407 g/mol. The zero-order chi connectivity index (χ0) is 18.5. The fraction of sp³-hybridized carbons (Fsp3) is 0.167. The topological polar surface area (TPSA) is 52.8 Å². The second-order valence-corrected chi connectivity index (χ2v) is 7.03. The summed E-state index contributed by atoms with van der Waals surface area (Å²) in [6, 6.07) is 11.3. The van der Waals surface area contributed by atoms with Crippen LogP contribution in [0.25, 0.3) is 11.4 Å². The van der Waals surface area contributed by atoms with Crippen LogP contribution in [0.3, 0.4) is 0 Å². The van der Waals surface area contributed by atoms with Crippen molar-refractivity contribution in [3.8, 4) is 17.1 Å². The molecular formula is C18H16Cl2N4OS. The minimum absolute atomic E-state index is 0.371. The van der Waals surface area contributed by atoms with Gasteiger partial charge in [0, 0.05) is 12.3 Å². The van der Waals surface area contributed by atoms with Crippen LogP contribution in [-0.4, -0.2) is 26.9 Å². The SMILES string of the molecule is C=CCn1c(SCc2cc(Cl)nc(Cl)c2)nnc1-c1ccccc1OC. The van der Waals surface area contributed by atoms with Gasteiger partial charge in [0.25, 0.3) is 0 Å². The van der Waals surface area contributed by atoms with Crippen molar-refractivity contribution in [2.24, 2.45) is 0 Å². The maximum atomic E-state index is 5.97. The number of nitrogens with zero attached hydrogens (tertiary/aromatic N) is 4. The summed E-state index contributed by atoms with van der Waals surface area (Å²) in [6.45, 7) is 4.42. The highest BCUT2D eigenvalue weighted by molar-refractivity contribution is 7.98. The van der Waals surface area contributed by atoms with Crippen molar-refractivity contribution >= 4 is 35.0 Å². The number of rotatable bonds is 7. The Labute approximate surface area is 166 Å². The number of halogens is 2. The molecule has 0 amide bonds. The lowest BCUT2D eigenvalue weighted by Gasteiger charge is -2.10. The van der Waals surface area contributed by atoms with Crippen molar-refractivity contribution in [1.29, 1.82) is 0 Å². The van der Waals surface area contributed by atoms with Gasteiger partial charge in [-0.25, -0.2) is 4.98 Å². The Morgan fingerprint density at radius 1 is 1.19 bits per heavy atom. The van der Waals surface area contributed by atoms with Crippen molar-refractivity contribution in [2.45, 2.75) is 17.5 Å². The van der Waals surface area contributed by atoms with Crippen LogP contribution in [0.5, 0.6) is 5.75 Å². The summed E-state index contributed by atoms with van der Waals surface area (Å²) < 4.78 is 7.45. The molecule has 0 fully saturated rings. The maximum Gasteiger partial charge on any atom is 0.192 e. The molecule has 134 valence electrons. The van der Waals surface area contributed by atoms with Crippen LogP contribution in [0, 0.1) is 0 Å². The van der Waals surface area contributed by atoms with Gasteiger partial charge < -0.3 is 4.74 Å². The predicted molar refractivity (Wildman–Crippen MR) is 106 cm³/mol. The lowest BCUT2D eigenvalue weighted by atomic mass is 10.2. The fourth-order valence-corrected chi connectivity index (χ4v) is 3.85. The van der Waals surface area contributed by atoms with Gasteiger partial charge >= 0.3 is 0 Å². The number of allylic oxidation sites excluding steroid dienone is 1. The van der Waals surface area contributed by atoms with Gasteiger partial charge in [-0.15, -0.1) is 16.8 Å². The third-order valence-corrected chi connectivity index (χ3v) is 4.99. The molecule has 0 radical (unpaired) electrons. The van der Waals surface area contributed by atoms with Crippen LogP contribution in [0.2, 0.25) is 10.3 Å². The molecule has 1 aromatic carbocycles. The minimum atomic E-state index is 0.371. The van der Waals surface area contributed by atoms with Gasteiger partial charge in [-0.1, -0.05) is 53.2 Å². The number of methoxy groups -OCH3 is 1. The highest BCUT2D eigenvalue weighted by Crippen LogP contribution is 2.32. The summed E-state index contributed by atoms with van der Waals surface area (Å²) in [5, 5.41) is 10.2. The number of para-hydroxylation sites is 1. The summed E-state index contributed by atoms with van der Waals surface area (Å²) in [5.41, 5.74) is 1.85. The highest BCUT2D eigenvalue weighted by Gasteiger charge is 2.17. The summed E-state index contributed by atoms with van der Waals surface area (Å²) >= 11 is 13.5. The molecule has 3 rings (SSSR count). The lowest BCUT2D eigenvalue weighted by Crippen LogP contribution is -2.01.